The van der Waals surface area contributed by atoms with Gasteiger partial charge in [-0.2, -0.15) is 0 Å². The van der Waals surface area contributed by atoms with E-state index in [0.29, 0.717) is 17.8 Å². The summed E-state index contributed by atoms with van der Waals surface area (Å²) in [5.41, 5.74) is 1.93. The third-order valence-corrected chi connectivity index (χ3v) is 3.21. The van der Waals surface area contributed by atoms with Crippen LogP contribution in [0.1, 0.15) is 22.8 Å². The second-order valence-electron chi connectivity index (χ2n) is 4.88. The van der Waals surface area contributed by atoms with Crippen LogP contribution in [0.25, 0.3) is 0 Å². The highest BCUT2D eigenvalue weighted by Crippen LogP contribution is 2.16. The van der Waals surface area contributed by atoms with Crippen LogP contribution in [0.15, 0.2) is 54.6 Å². The average molecular weight is 312 g/mol. The molecule has 5 heteroatoms. The predicted molar refractivity (Wildman–Crippen MR) is 89.6 cm³/mol. The van der Waals surface area contributed by atoms with Crippen LogP contribution >= 0.6 is 0 Å². The van der Waals surface area contributed by atoms with Crippen molar-refractivity contribution in [1.29, 1.82) is 0 Å². The van der Waals surface area contributed by atoms with Gasteiger partial charge in [0.2, 0.25) is 0 Å². The van der Waals surface area contributed by atoms with Crippen molar-refractivity contribution in [1.82, 2.24) is 5.32 Å². The lowest BCUT2D eigenvalue weighted by molar-refractivity contribution is 0.0527. The van der Waals surface area contributed by atoms with Crippen molar-refractivity contribution in [3.8, 4) is 0 Å². The van der Waals surface area contributed by atoms with Crippen molar-refractivity contribution in [3.05, 3.63) is 65.7 Å². The quantitative estimate of drug-likeness (QED) is 0.805. The molecule has 0 atom stereocenters. The zero-order valence-electron chi connectivity index (χ0n) is 13.0. The first kappa shape index (κ1) is 16.5. The molecule has 0 unspecified atom stereocenters. The van der Waals surface area contributed by atoms with Crippen molar-refractivity contribution in [2.75, 3.05) is 18.5 Å². The Kier molecular flexibility index (Phi) is 6.17. The second-order valence-corrected chi connectivity index (χ2v) is 4.88. The fourth-order valence-electron chi connectivity index (χ4n) is 2.11. The van der Waals surface area contributed by atoms with E-state index in [2.05, 4.69) is 10.6 Å². The molecule has 0 fully saturated rings. The summed E-state index contributed by atoms with van der Waals surface area (Å²) < 4.78 is 4.98. The van der Waals surface area contributed by atoms with Gasteiger partial charge in [-0.15, -0.1) is 0 Å². The SMILES string of the molecule is CCOC(=O)c1ccccc1NC(=O)NCCc1ccccc1. The van der Waals surface area contributed by atoms with Gasteiger partial charge in [0.15, 0.2) is 0 Å². The maximum Gasteiger partial charge on any atom is 0.340 e. The average Bonchev–Trinajstić information content (AvgIpc) is 2.56. The third-order valence-electron chi connectivity index (χ3n) is 3.21. The number of nitrogens with one attached hydrogen (secondary N) is 2. The molecule has 2 rings (SSSR count). The van der Waals surface area contributed by atoms with Gasteiger partial charge in [-0.25, -0.2) is 9.59 Å². The predicted octanol–water partition coefficient (Wildman–Crippen LogP) is 3.23. The van der Waals surface area contributed by atoms with E-state index in [1.807, 2.05) is 30.3 Å². The molecule has 0 aromatic heterocycles. The number of hydrogen-bond acceptors (Lipinski definition) is 3. The van der Waals surface area contributed by atoms with Gasteiger partial charge in [0, 0.05) is 6.54 Å². The minimum absolute atomic E-state index is 0.288. The standard InChI is InChI=1S/C18H20N2O3/c1-2-23-17(21)15-10-6-7-11-16(15)20-18(22)19-13-12-14-8-4-3-5-9-14/h3-11H,2,12-13H2,1H3,(H2,19,20,22). The van der Waals surface area contributed by atoms with Gasteiger partial charge in [0.05, 0.1) is 17.9 Å². The number of carbonyl (C=O) groups excluding carboxylic acids is 2. The summed E-state index contributed by atoms with van der Waals surface area (Å²) in [4.78, 5) is 23.8. The molecule has 2 N–H and O–H groups in total. The molecule has 0 heterocycles. The minimum Gasteiger partial charge on any atom is -0.462 e. The molecule has 0 spiro atoms. The third kappa shape index (κ3) is 5.14. The van der Waals surface area contributed by atoms with Gasteiger partial charge in [0.1, 0.15) is 0 Å². The smallest absolute Gasteiger partial charge is 0.340 e. The fourth-order valence-corrected chi connectivity index (χ4v) is 2.11. The van der Waals surface area contributed by atoms with Crippen molar-refractivity contribution in [3.63, 3.8) is 0 Å². The molecule has 5 nitrogen and oxygen atoms in total. The maximum atomic E-state index is 12.0. The van der Waals surface area contributed by atoms with E-state index in [1.54, 1.807) is 31.2 Å². The first-order valence-electron chi connectivity index (χ1n) is 7.55. The van der Waals surface area contributed by atoms with Gasteiger partial charge in [-0.05, 0) is 31.0 Å². The van der Waals surface area contributed by atoms with Gasteiger partial charge in [-0.3, -0.25) is 0 Å². The Balaban J connectivity index is 1.89. The van der Waals surface area contributed by atoms with Crippen molar-refractivity contribution >= 4 is 17.7 Å². The van der Waals surface area contributed by atoms with Crippen LogP contribution in [0.2, 0.25) is 0 Å². The summed E-state index contributed by atoms with van der Waals surface area (Å²) >= 11 is 0. The maximum absolute atomic E-state index is 12.0. The van der Waals surface area contributed by atoms with Crippen molar-refractivity contribution in [2.45, 2.75) is 13.3 Å². The fraction of sp³-hybridized carbons (Fsp3) is 0.222. The number of rotatable bonds is 6. The van der Waals surface area contributed by atoms with Crippen LogP contribution in [-0.2, 0) is 11.2 Å². The van der Waals surface area contributed by atoms with Crippen LogP contribution in [0.5, 0.6) is 0 Å². The number of ether oxygens (including phenoxy) is 1. The molecule has 2 aromatic carbocycles. The molecule has 0 aliphatic carbocycles. The number of para-hydroxylation sites is 1. The number of amides is 2. The van der Waals surface area contributed by atoms with Crippen LogP contribution < -0.4 is 10.6 Å². The lowest BCUT2D eigenvalue weighted by Gasteiger charge is -2.11. The Labute approximate surface area is 135 Å². The van der Waals surface area contributed by atoms with E-state index in [-0.39, 0.29) is 12.6 Å². The number of carbonyl (C=O) groups is 2. The number of anilines is 1. The summed E-state index contributed by atoms with van der Waals surface area (Å²) in [5.74, 6) is -0.451. The Morgan fingerprint density at radius 3 is 2.43 bits per heavy atom. The topological polar surface area (TPSA) is 67.4 Å². The van der Waals surface area contributed by atoms with E-state index in [4.69, 9.17) is 4.74 Å². The van der Waals surface area contributed by atoms with Gasteiger partial charge >= 0.3 is 12.0 Å². The zero-order valence-corrected chi connectivity index (χ0v) is 13.0. The van der Waals surface area contributed by atoms with Gasteiger partial charge in [0.25, 0.3) is 0 Å². The normalized spacial score (nSPS) is 9.96. The largest absolute Gasteiger partial charge is 0.462 e. The summed E-state index contributed by atoms with van der Waals surface area (Å²) in [6.45, 7) is 2.54. The zero-order chi connectivity index (χ0) is 16.5. The molecule has 23 heavy (non-hydrogen) atoms. The number of urea groups is 1. The van der Waals surface area contributed by atoms with Crippen LogP contribution in [0, 0.1) is 0 Å². The Morgan fingerprint density at radius 2 is 1.70 bits per heavy atom. The summed E-state index contributed by atoms with van der Waals surface area (Å²) in [7, 11) is 0. The van der Waals surface area contributed by atoms with Crippen LogP contribution in [0.3, 0.4) is 0 Å². The molecule has 2 amide bonds. The highest BCUT2D eigenvalue weighted by molar-refractivity contribution is 6.00. The molecule has 2 aromatic rings. The van der Waals surface area contributed by atoms with Crippen LogP contribution in [-0.4, -0.2) is 25.2 Å². The molecule has 120 valence electrons. The Morgan fingerprint density at radius 1 is 1.00 bits per heavy atom. The molecular weight excluding hydrogens is 292 g/mol. The molecule has 0 saturated heterocycles. The number of hydrogen-bond donors (Lipinski definition) is 2. The van der Waals surface area contributed by atoms with E-state index in [0.717, 1.165) is 12.0 Å². The second kappa shape index (κ2) is 8.58. The Hall–Kier alpha value is -2.82. The first-order chi connectivity index (χ1) is 11.2. The van der Waals surface area contributed by atoms with E-state index >= 15 is 0 Å². The monoisotopic (exact) mass is 312 g/mol. The van der Waals surface area contributed by atoms with Gasteiger partial charge in [-0.1, -0.05) is 42.5 Å². The molecule has 0 bridgehead atoms. The summed E-state index contributed by atoms with van der Waals surface area (Å²) in [6.07, 6.45) is 0.744. The molecule has 0 saturated carbocycles. The highest BCUT2D eigenvalue weighted by atomic mass is 16.5. The van der Waals surface area contributed by atoms with Crippen molar-refractivity contribution in [2.24, 2.45) is 0 Å². The Bertz CT molecular complexity index is 656. The molecule has 0 radical (unpaired) electrons. The molecule has 0 aliphatic rings. The van der Waals surface area contributed by atoms with Gasteiger partial charge < -0.3 is 15.4 Å². The van der Waals surface area contributed by atoms with E-state index < -0.39 is 5.97 Å². The lowest BCUT2D eigenvalue weighted by Crippen LogP contribution is -2.31. The minimum atomic E-state index is -0.451. The summed E-state index contributed by atoms with van der Waals surface area (Å²) in [6, 6.07) is 16.3. The number of esters is 1. The number of benzene rings is 2. The van der Waals surface area contributed by atoms with Crippen LogP contribution in [0.4, 0.5) is 10.5 Å². The first-order valence-corrected chi connectivity index (χ1v) is 7.55. The molecule has 0 aliphatic heterocycles. The van der Waals surface area contributed by atoms with Crippen molar-refractivity contribution < 1.29 is 14.3 Å². The summed E-state index contributed by atoms with van der Waals surface area (Å²) in [5, 5.41) is 5.46. The lowest BCUT2D eigenvalue weighted by atomic mass is 10.1. The van der Waals surface area contributed by atoms with E-state index in [9.17, 15) is 9.59 Å². The molecular formula is C18H20N2O3. The highest BCUT2D eigenvalue weighted by Gasteiger charge is 2.13. The van der Waals surface area contributed by atoms with E-state index in [1.165, 1.54) is 0 Å².